The fourth-order valence-corrected chi connectivity index (χ4v) is 9.28. The second-order valence-electron chi connectivity index (χ2n) is 20.8. The maximum Gasteiger partial charge on any atom is 0.220 e. The van der Waals surface area contributed by atoms with Crippen molar-refractivity contribution in [3.05, 3.63) is 60.8 Å². The molecule has 1 aliphatic heterocycles. The van der Waals surface area contributed by atoms with Gasteiger partial charge in [0.25, 0.3) is 0 Å². The molecule has 0 bridgehead atoms. The number of nitrogens with one attached hydrogen (secondary N) is 1. The number of aliphatic hydroxyl groups is 5. The third-order valence-corrected chi connectivity index (χ3v) is 14.0. The van der Waals surface area contributed by atoms with Gasteiger partial charge in [-0.25, -0.2) is 0 Å². The summed E-state index contributed by atoms with van der Waals surface area (Å²) in [5, 5.41) is 54.3. The van der Waals surface area contributed by atoms with E-state index in [1.807, 2.05) is 6.08 Å². The normalized spacial score (nSPS) is 19.7. The van der Waals surface area contributed by atoms with Gasteiger partial charge in [0.15, 0.2) is 6.29 Å². The molecule has 0 saturated carbocycles. The number of ether oxygens (including phenoxy) is 2. The largest absolute Gasteiger partial charge is 0.394 e. The van der Waals surface area contributed by atoms with Gasteiger partial charge in [0, 0.05) is 6.42 Å². The SMILES string of the molecule is CCCCC/C=C/CC/C=C/CC/C=C/C(O)C(COC1OC(CO)C(O)C(O)C1O)NC(=O)CCCCCCCCCCCCCCCCCCCCCCCCC/C=C\C/C=C\CCCCCCC. The lowest BCUT2D eigenvalue weighted by Crippen LogP contribution is -2.60. The van der Waals surface area contributed by atoms with Gasteiger partial charge in [-0.2, -0.15) is 0 Å². The first-order valence-corrected chi connectivity index (χ1v) is 30.0. The number of carbonyl (C=O) groups is 1. The smallest absolute Gasteiger partial charge is 0.220 e. The van der Waals surface area contributed by atoms with Crippen LogP contribution in [0.5, 0.6) is 0 Å². The zero-order valence-electron chi connectivity index (χ0n) is 46.0. The Morgan fingerprint density at radius 2 is 0.845 bits per heavy atom. The van der Waals surface area contributed by atoms with Gasteiger partial charge in [0.05, 0.1) is 25.4 Å². The maximum atomic E-state index is 13.0. The number of unbranched alkanes of at least 4 members (excludes halogenated alkanes) is 33. The molecule has 0 aromatic rings. The molecule has 0 aromatic carbocycles. The van der Waals surface area contributed by atoms with E-state index in [9.17, 15) is 30.3 Å². The number of carbonyl (C=O) groups excluding carboxylic acids is 1. The molecular formula is C62H113NO8. The first-order chi connectivity index (χ1) is 34.8. The van der Waals surface area contributed by atoms with Crippen LogP contribution < -0.4 is 5.32 Å². The predicted octanol–water partition coefficient (Wildman–Crippen LogP) is 15.1. The number of amides is 1. The van der Waals surface area contributed by atoms with E-state index in [1.54, 1.807) is 6.08 Å². The molecule has 9 nitrogen and oxygen atoms in total. The van der Waals surface area contributed by atoms with Crippen molar-refractivity contribution in [3.63, 3.8) is 0 Å². The minimum Gasteiger partial charge on any atom is -0.394 e. The Balaban J connectivity index is 2.09. The Morgan fingerprint density at radius 1 is 0.479 bits per heavy atom. The molecule has 6 N–H and O–H groups in total. The Morgan fingerprint density at radius 3 is 1.30 bits per heavy atom. The quantitative estimate of drug-likeness (QED) is 0.0261. The topological polar surface area (TPSA) is 149 Å². The molecule has 0 aliphatic carbocycles. The third-order valence-electron chi connectivity index (χ3n) is 14.0. The lowest BCUT2D eigenvalue weighted by molar-refractivity contribution is -0.302. The van der Waals surface area contributed by atoms with Crippen LogP contribution in [0.25, 0.3) is 0 Å². The van der Waals surface area contributed by atoms with E-state index in [-0.39, 0.29) is 12.5 Å². The molecule has 7 unspecified atom stereocenters. The zero-order chi connectivity index (χ0) is 51.5. The van der Waals surface area contributed by atoms with Gasteiger partial charge >= 0.3 is 0 Å². The number of hydrogen-bond donors (Lipinski definition) is 6. The zero-order valence-corrected chi connectivity index (χ0v) is 46.0. The molecule has 1 aliphatic rings. The Kier molecular flexibility index (Phi) is 48.4. The van der Waals surface area contributed by atoms with Gasteiger partial charge in [-0.05, 0) is 77.0 Å². The monoisotopic (exact) mass is 1000 g/mol. The Bertz CT molecular complexity index is 1300. The van der Waals surface area contributed by atoms with Crippen LogP contribution in [0.1, 0.15) is 271 Å². The molecule has 0 spiro atoms. The molecule has 1 heterocycles. The summed E-state index contributed by atoms with van der Waals surface area (Å²) in [6.45, 7) is 3.72. The van der Waals surface area contributed by atoms with Crippen LogP contribution in [0.2, 0.25) is 0 Å². The summed E-state index contributed by atoms with van der Waals surface area (Å²) in [6, 6.07) is -0.827. The van der Waals surface area contributed by atoms with E-state index < -0.39 is 49.5 Å². The highest BCUT2D eigenvalue weighted by Crippen LogP contribution is 2.23. The number of aliphatic hydroxyl groups excluding tert-OH is 5. The van der Waals surface area contributed by atoms with Gasteiger partial charge < -0.3 is 40.3 Å². The maximum absolute atomic E-state index is 13.0. The molecule has 1 saturated heterocycles. The Hall–Kier alpha value is -2.11. The molecule has 1 rings (SSSR count). The molecule has 0 aromatic heterocycles. The van der Waals surface area contributed by atoms with Crippen LogP contribution in [0.3, 0.4) is 0 Å². The summed E-state index contributed by atoms with van der Waals surface area (Å²) in [4.78, 5) is 13.0. The predicted molar refractivity (Wildman–Crippen MR) is 299 cm³/mol. The average Bonchev–Trinajstić information content (AvgIpc) is 3.37. The first-order valence-electron chi connectivity index (χ1n) is 30.0. The summed E-state index contributed by atoms with van der Waals surface area (Å²) in [7, 11) is 0. The highest BCUT2D eigenvalue weighted by molar-refractivity contribution is 5.76. The van der Waals surface area contributed by atoms with Crippen molar-refractivity contribution in [1.82, 2.24) is 5.32 Å². The van der Waals surface area contributed by atoms with Crippen molar-refractivity contribution in [3.8, 4) is 0 Å². The van der Waals surface area contributed by atoms with E-state index >= 15 is 0 Å². The van der Waals surface area contributed by atoms with Crippen molar-refractivity contribution < 1.29 is 39.8 Å². The van der Waals surface area contributed by atoms with E-state index in [1.165, 1.54) is 193 Å². The fraction of sp³-hybridized carbons (Fsp3) is 0.823. The summed E-state index contributed by atoms with van der Waals surface area (Å²) in [5.74, 6) is -0.189. The van der Waals surface area contributed by atoms with Crippen LogP contribution in [0.4, 0.5) is 0 Å². The fourth-order valence-electron chi connectivity index (χ4n) is 9.28. The van der Waals surface area contributed by atoms with Crippen molar-refractivity contribution in [2.24, 2.45) is 0 Å². The molecule has 414 valence electrons. The summed E-state index contributed by atoms with van der Waals surface area (Å²) in [5.41, 5.74) is 0. The van der Waals surface area contributed by atoms with Crippen LogP contribution >= 0.6 is 0 Å². The molecule has 9 heteroatoms. The average molecular weight is 1000 g/mol. The van der Waals surface area contributed by atoms with Gasteiger partial charge in [-0.1, -0.05) is 248 Å². The van der Waals surface area contributed by atoms with E-state index in [2.05, 4.69) is 67.8 Å². The second-order valence-corrected chi connectivity index (χ2v) is 20.8. The highest BCUT2D eigenvalue weighted by atomic mass is 16.7. The molecule has 7 atom stereocenters. The van der Waals surface area contributed by atoms with Crippen LogP contribution in [0, 0.1) is 0 Å². The van der Waals surface area contributed by atoms with E-state index in [4.69, 9.17) is 9.47 Å². The number of allylic oxidation sites excluding steroid dienone is 9. The third kappa shape index (κ3) is 40.9. The molecule has 71 heavy (non-hydrogen) atoms. The summed E-state index contributed by atoms with van der Waals surface area (Å²) in [6.07, 6.45) is 63.2. The number of hydrogen-bond acceptors (Lipinski definition) is 8. The van der Waals surface area contributed by atoms with Crippen molar-refractivity contribution >= 4 is 5.91 Å². The van der Waals surface area contributed by atoms with Crippen molar-refractivity contribution in [2.75, 3.05) is 13.2 Å². The van der Waals surface area contributed by atoms with Crippen LogP contribution in [-0.2, 0) is 14.3 Å². The van der Waals surface area contributed by atoms with Gasteiger partial charge in [-0.15, -0.1) is 0 Å². The molecular weight excluding hydrogens is 887 g/mol. The van der Waals surface area contributed by atoms with Gasteiger partial charge in [-0.3, -0.25) is 4.79 Å². The van der Waals surface area contributed by atoms with E-state index in [0.717, 1.165) is 57.8 Å². The second kappa shape index (κ2) is 51.4. The minimum absolute atomic E-state index is 0.189. The molecule has 1 amide bonds. The van der Waals surface area contributed by atoms with Gasteiger partial charge in [0.1, 0.15) is 24.4 Å². The summed E-state index contributed by atoms with van der Waals surface area (Å²) >= 11 is 0. The summed E-state index contributed by atoms with van der Waals surface area (Å²) < 4.78 is 11.2. The lowest BCUT2D eigenvalue weighted by atomic mass is 9.99. The molecule has 0 radical (unpaired) electrons. The standard InChI is InChI=1S/C62H113NO8/c1-3-5-7-9-11-13-15-17-18-19-20-21-22-23-24-25-26-27-28-29-30-31-32-33-34-35-36-37-38-40-42-44-46-48-50-52-58(66)63-55(54-70-62-61(69)60(68)59(67)57(53-64)71-62)56(65)51-49-47-45-43-41-39-16-14-12-10-8-6-4-2/h12,14-15,17,19-20,41,43,49,51,55-57,59-62,64-65,67-69H,3-11,13,16,18,21-40,42,44-48,50,52-54H2,1-2H3,(H,63,66)/b14-12+,17-15-,20-19-,43-41+,51-49+. The van der Waals surface area contributed by atoms with Crippen molar-refractivity contribution in [2.45, 2.75) is 314 Å². The van der Waals surface area contributed by atoms with Gasteiger partial charge in [0.2, 0.25) is 5.91 Å². The van der Waals surface area contributed by atoms with Crippen molar-refractivity contribution in [1.29, 1.82) is 0 Å². The lowest BCUT2D eigenvalue weighted by Gasteiger charge is -2.40. The van der Waals surface area contributed by atoms with Crippen LogP contribution in [0.15, 0.2) is 60.8 Å². The van der Waals surface area contributed by atoms with E-state index in [0.29, 0.717) is 6.42 Å². The molecule has 1 fully saturated rings. The first kappa shape index (κ1) is 66.9. The Labute approximate surface area is 436 Å². The van der Waals surface area contributed by atoms with Crippen LogP contribution in [-0.4, -0.2) is 87.5 Å². The highest BCUT2D eigenvalue weighted by Gasteiger charge is 2.44. The number of rotatable bonds is 51. The minimum atomic E-state index is -1.57.